The van der Waals surface area contributed by atoms with Crippen molar-refractivity contribution in [2.75, 3.05) is 19.6 Å². The maximum absolute atomic E-state index is 12.1. The van der Waals surface area contributed by atoms with E-state index in [2.05, 4.69) is 10.2 Å². The van der Waals surface area contributed by atoms with E-state index in [-0.39, 0.29) is 5.91 Å². The molecule has 19 heavy (non-hydrogen) atoms. The van der Waals surface area contributed by atoms with Gasteiger partial charge in [0.05, 0.1) is 0 Å². The third-order valence-corrected chi connectivity index (χ3v) is 4.32. The van der Waals surface area contributed by atoms with Crippen molar-refractivity contribution >= 4 is 5.91 Å². The van der Waals surface area contributed by atoms with E-state index in [0.717, 1.165) is 23.7 Å². The van der Waals surface area contributed by atoms with Gasteiger partial charge in [0.1, 0.15) is 0 Å². The molecule has 1 N–H and O–H groups in total. The highest BCUT2D eigenvalue weighted by atomic mass is 16.1. The average Bonchev–Trinajstić information content (AvgIpc) is 3.16. The summed E-state index contributed by atoms with van der Waals surface area (Å²) >= 11 is 0. The summed E-state index contributed by atoms with van der Waals surface area (Å²) in [6.45, 7) is 5.18. The lowest BCUT2D eigenvalue weighted by Gasteiger charge is -2.15. The minimum Gasteiger partial charge on any atom is -0.352 e. The van der Waals surface area contributed by atoms with Gasteiger partial charge in [0.15, 0.2) is 0 Å². The Hall–Kier alpha value is -1.35. The summed E-state index contributed by atoms with van der Waals surface area (Å²) < 4.78 is 0. The second-order valence-electron chi connectivity index (χ2n) is 5.91. The van der Waals surface area contributed by atoms with Crippen LogP contribution in [-0.2, 0) is 0 Å². The van der Waals surface area contributed by atoms with E-state index in [9.17, 15) is 4.79 Å². The number of aryl methyl sites for hydroxylation is 1. The van der Waals surface area contributed by atoms with Crippen molar-refractivity contribution in [3.8, 4) is 0 Å². The molecule has 0 aromatic heterocycles. The van der Waals surface area contributed by atoms with Gasteiger partial charge in [-0.3, -0.25) is 4.79 Å². The molecule has 1 aliphatic heterocycles. The smallest absolute Gasteiger partial charge is 0.251 e. The Morgan fingerprint density at radius 2 is 2.11 bits per heavy atom. The van der Waals surface area contributed by atoms with Crippen LogP contribution in [0.2, 0.25) is 0 Å². The number of hydrogen-bond donors (Lipinski definition) is 1. The Morgan fingerprint density at radius 3 is 2.84 bits per heavy atom. The van der Waals surface area contributed by atoms with E-state index in [1.54, 1.807) is 0 Å². The molecule has 102 valence electrons. The van der Waals surface area contributed by atoms with Gasteiger partial charge in [-0.2, -0.15) is 0 Å². The maximum atomic E-state index is 12.1. The molecule has 0 bridgehead atoms. The number of carbonyl (C=O) groups is 1. The first kappa shape index (κ1) is 12.7. The van der Waals surface area contributed by atoms with E-state index in [0.29, 0.717) is 5.92 Å². The summed E-state index contributed by atoms with van der Waals surface area (Å²) in [5.74, 6) is 0.705. The van der Waals surface area contributed by atoms with Gasteiger partial charge in [-0.1, -0.05) is 18.2 Å². The zero-order valence-corrected chi connectivity index (χ0v) is 11.6. The predicted molar refractivity (Wildman–Crippen MR) is 76.2 cm³/mol. The van der Waals surface area contributed by atoms with Crippen molar-refractivity contribution in [2.45, 2.75) is 32.2 Å². The number of nitrogens with one attached hydrogen (secondary N) is 1. The van der Waals surface area contributed by atoms with Gasteiger partial charge in [-0.05, 0) is 50.3 Å². The van der Waals surface area contributed by atoms with Crippen LogP contribution in [0.3, 0.4) is 0 Å². The molecule has 2 aliphatic rings. The van der Waals surface area contributed by atoms with Crippen LogP contribution >= 0.6 is 0 Å². The fourth-order valence-electron chi connectivity index (χ4n) is 2.96. The van der Waals surface area contributed by atoms with Crippen molar-refractivity contribution in [3.05, 3.63) is 35.4 Å². The van der Waals surface area contributed by atoms with Crippen molar-refractivity contribution in [2.24, 2.45) is 5.92 Å². The van der Waals surface area contributed by atoms with Crippen molar-refractivity contribution in [1.29, 1.82) is 0 Å². The van der Waals surface area contributed by atoms with E-state index in [1.807, 2.05) is 31.2 Å². The Morgan fingerprint density at radius 1 is 1.32 bits per heavy atom. The molecule has 1 aromatic rings. The predicted octanol–water partition coefficient (Wildman–Crippen LogP) is 2.21. The van der Waals surface area contributed by atoms with Gasteiger partial charge in [-0.25, -0.2) is 0 Å². The highest BCUT2D eigenvalue weighted by Gasteiger charge is 2.34. The van der Waals surface area contributed by atoms with E-state index >= 15 is 0 Å². The molecule has 1 saturated heterocycles. The molecule has 1 atom stereocenters. The minimum absolute atomic E-state index is 0.0722. The second-order valence-corrected chi connectivity index (χ2v) is 5.91. The summed E-state index contributed by atoms with van der Waals surface area (Å²) in [4.78, 5) is 14.7. The van der Waals surface area contributed by atoms with Crippen LogP contribution in [-0.4, -0.2) is 36.5 Å². The summed E-state index contributed by atoms with van der Waals surface area (Å²) in [6.07, 6.45) is 3.98. The van der Waals surface area contributed by atoms with E-state index < -0.39 is 0 Å². The first-order valence-corrected chi connectivity index (χ1v) is 7.32. The first-order valence-electron chi connectivity index (χ1n) is 7.32. The lowest BCUT2D eigenvalue weighted by atomic mass is 10.1. The van der Waals surface area contributed by atoms with Crippen LogP contribution in [0.4, 0.5) is 0 Å². The monoisotopic (exact) mass is 258 g/mol. The number of likely N-dealkylation sites (tertiary alicyclic amines) is 1. The third kappa shape index (κ3) is 2.98. The molecule has 0 spiro atoms. The molecule has 1 amide bonds. The van der Waals surface area contributed by atoms with Crippen LogP contribution in [0, 0.1) is 12.8 Å². The van der Waals surface area contributed by atoms with Gasteiger partial charge < -0.3 is 10.2 Å². The molecule has 1 heterocycles. The molecule has 0 unspecified atom stereocenters. The Kier molecular flexibility index (Phi) is 3.56. The summed E-state index contributed by atoms with van der Waals surface area (Å²) in [6, 6.07) is 8.63. The number of amides is 1. The van der Waals surface area contributed by atoms with Crippen LogP contribution in [0.1, 0.15) is 35.2 Å². The summed E-state index contributed by atoms with van der Waals surface area (Å²) in [5.41, 5.74) is 1.85. The van der Waals surface area contributed by atoms with Crippen molar-refractivity contribution in [1.82, 2.24) is 10.2 Å². The zero-order valence-electron chi connectivity index (χ0n) is 11.6. The maximum Gasteiger partial charge on any atom is 0.251 e. The van der Waals surface area contributed by atoms with Crippen LogP contribution < -0.4 is 5.32 Å². The quantitative estimate of drug-likeness (QED) is 0.898. The molecule has 0 radical (unpaired) electrons. The summed E-state index contributed by atoms with van der Waals surface area (Å²) in [5, 5.41) is 3.10. The molecule has 3 nitrogen and oxygen atoms in total. The standard InChI is InChI=1S/C16H22N2O/c1-12-4-2-3-5-15(12)16(19)17-10-13-8-9-18(11-13)14-6-7-14/h2-5,13-14H,6-11H2,1H3,(H,17,19)/t13-/m1/s1. The van der Waals surface area contributed by atoms with Gasteiger partial charge >= 0.3 is 0 Å². The van der Waals surface area contributed by atoms with Crippen molar-refractivity contribution < 1.29 is 4.79 Å². The minimum atomic E-state index is 0.0722. The van der Waals surface area contributed by atoms with E-state index in [4.69, 9.17) is 0 Å². The van der Waals surface area contributed by atoms with Gasteiger partial charge in [0.2, 0.25) is 0 Å². The molecule has 2 fully saturated rings. The lowest BCUT2D eigenvalue weighted by Crippen LogP contribution is -2.31. The highest BCUT2D eigenvalue weighted by molar-refractivity contribution is 5.95. The Balaban J connectivity index is 1.50. The lowest BCUT2D eigenvalue weighted by molar-refractivity contribution is 0.0946. The molecule has 1 saturated carbocycles. The van der Waals surface area contributed by atoms with Crippen LogP contribution in [0.15, 0.2) is 24.3 Å². The number of nitrogens with zero attached hydrogens (tertiary/aromatic N) is 1. The fourth-order valence-corrected chi connectivity index (χ4v) is 2.96. The first-order chi connectivity index (χ1) is 9.24. The SMILES string of the molecule is Cc1ccccc1C(=O)NC[C@H]1CCN(C2CC2)C1. The van der Waals surface area contributed by atoms with Gasteiger partial charge in [0, 0.05) is 24.7 Å². The molecular formula is C16H22N2O. The second kappa shape index (κ2) is 5.33. The zero-order chi connectivity index (χ0) is 13.2. The number of hydrogen-bond acceptors (Lipinski definition) is 2. The van der Waals surface area contributed by atoms with Gasteiger partial charge in [-0.15, -0.1) is 0 Å². The topological polar surface area (TPSA) is 32.3 Å². The van der Waals surface area contributed by atoms with Crippen LogP contribution in [0.25, 0.3) is 0 Å². The fraction of sp³-hybridized carbons (Fsp3) is 0.562. The highest BCUT2D eigenvalue weighted by Crippen LogP contribution is 2.31. The van der Waals surface area contributed by atoms with Crippen LogP contribution in [0.5, 0.6) is 0 Å². The molecule has 1 aromatic carbocycles. The van der Waals surface area contributed by atoms with Crippen molar-refractivity contribution in [3.63, 3.8) is 0 Å². The Bertz CT molecular complexity index is 468. The third-order valence-electron chi connectivity index (χ3n) is 4.32. The normalized spacial score (nSPS) is 23.5. The molecular weight excluding hydrogens is 236 g/mol. The molecule has 1 aliphatic carbocycles. The number of rotatable bonds is 4. The van der Waals surface area contributed by atoms with Gasteiger partial charge in [0.25, 0.3) is 5.91 Å². The average molecular weight is 258 g/mol. The Labute approximate surface area is 115 Å². The number of carbonyl (C=O) groups excluding carboxylic acids is 1. The molecule has 3 rings (SSSR count). The molecule has 3 heteroatoms. The van der Waals surface area contributed by atoms with E-state index in [1.165, 1.54) is 32.4 Å². The number of benzene rings is 1. The largest absolute Gasteiger partial charge is 0.352 e. The summed E-state index contributed by atoms with van der Waals surface area (Å²) in [7, 11) is 0.